The van der Waals surface area contributed by atoms with Crippen LogP contribution in [-0.2, 0) is 6.54 Å². The number of carboxylic acid groups (broad SMARTS) is 1. The van der Waals surface area contributed by atoms with Crippen molar-refractivity contribution in [1.29, 1.82) is 0 Å². The average molecular weight is 467 g/mol. The van der Waals surface area contributed by atoms with Crippen LogP contribution in [0.25, 0.3) is 6.08 Å². The first-order valence-electron chi connectivity index (χ1n) is 10.9. The summed E-state index contributed by atoms with van der Waals surface area (Å²) >= 11 is 0. The zero-order chi connectivity index (χ0) is 24.6. The van der Waals surface area contributed by atoms with Gasteiger partial charge in [0.1, 0.15) is 5.75 Å². The van der Waals surface area contributed by atoms with Crippen molar-refractivity contribution in [3.05, 3.63) is 137 Å². The molecule has 4 rings (SSSR count). The highest BCUT2D eigenvalue weighted by Gasteiger charge is 2.15. The van der Waals surface area contributed by atoms with Crippen molar-refractivity contribution in [2.24, 2.45) is 0 Å². The number of ether oxygens (including phenoxy) is 1. The Hall–Kier alpha value is -4.71. The fraction of sp³-hybridized carbons (Fsp3) is 0.0345. The first-order chi connectivity index (χ1) is 17.0. The van der Waals surface area contributed by atoms with Crippen molar-refractivity contribution >= 4 is 18.0 Å². The zero-order valence-electron chi connectivity index (χ0n) is 18.7. The lowest BCUT2D eigenvalue weighted by molar-refractivity contribution is 0.0696. The maximum absolute atomic E-state index is 13.9. The summed E-state index contributed by atoms with van der Waals surface area (Å²) in [5.41, 5.74) is 2.31. The minimum absolute atomic E-state index is 0.101. The fourth-order valence-corrected chi connectivity index (χ4v) is 3.37. The molecule has 1 amide bonds. The molecule has 0 atom stereocenters. The van der Waals surface area contributed by atoms with Gasteiger partial charge in [0.15, 0.2) is 11.6 Å². The topological polar surface area (TPSA) is 66.8 Å². The Balaban J connectivity index is 1.55. The van der Waals surface area contributed by atoms with E-state index in [1.807, 2.05) is 36.4 Å². The molecule has 0 bridgehead atoms. The lowest BCUT2D eigenvalue weighted by Gasteiger charge is -2.19. The molecular weight excluding hydrogens is 445 g/mol. The smallest absolute Gasteiger partial charge is 0.335 e. The molecule has 0 saturated carbocycles. The highest BCUT2D eigenvalue weighted by molar-refractivity contribution is 5.95. The first kappa shape index (κ1) is 23.4. The second-order valence-electron chi connectivity index (χ2n) is 7.72. The second-order valence-corrected chi connectivity index (χ2v) is 7.72. The molecule has 35 heavy (non-hydrogen) atoms. The summed E-state index contributed by atoms with van der Waals surface area (Å²) in [6.07, 6.45) is 3.53. The molecule has 0 spiro atoms. The van der Waals surface area contributed by atoms with Gasteiger partial charge in [-0.25, -0.2) is 9.18 Å². The average Bonchev–Trinajstić information content (AvgIpc) is 2.89. The molecule has 0 aliphatic carbocycles. The zero-order valence-corrected chi connectivity index (χ0v) is 18.7. The lowest BCUT2D eigenvalue weighted by Crippen LogP contribution is -2.25. The van der Waals surface area contributed by atoms with Gasteiger partial charge in [0.05, 0.1) is 12.1 Å². The number of amides is 1. The predicted molar refractivity (Wildman–Crippen MR) is 132 cm³/mol. The number of halogens is 1. The number of carbonyl (C=O) groups is 2. The molecule has 1 N–H and O–H groups in total. The van der Waals surface area contributed by atoms with Gasteiger partial charge in [-0.3, -0.25) is 4.79 Å². The van der Waals surface area contributed by atoms with Crippen LogP contribution in [0.4, 0.5) is 4.39 Å². The third kappa shape index (κ3) is 6.21. The summed E-state index contributed by atoms with van der Waals surface area (Å²) in [7, 11) is 0. The van der Waals surface area contributed by atoms with Crippen LogP contribution in [0.3, 0.4) is 0 Å². The van der Waals surface area contributed by atoms with Crippen molar-refractivity contribution in [1.82, 2.24) is 4.90 Å². The van der Waals surface area contributed by atoms with E-state index in [2.05, 4.69) is 0 Å². The maximum atomic E-state index is 13.9. The first-order valence-corrected chi connectivity index (χ1v) is 10.9. The maximum Gasteiger partial charge on any atom is 0.335 e. The van der Waals surface area contributed by atoms with Gasteiger partial charge in [-0.2, -0.15) is 0 Å². The summed E-state index contributed by atoms with van der Waals surface area (Å²) in [4.78, 5) is 26.0. The van der Waals surface area contributed by atoms with Crippen LogP contribution >= 0.6 is 0 Å². The number of rotatable bonds is 8. The summed E-state index contributed by atoms with van der Waals surface area (Å²) in [6, 6.07) is 28.5. The molecular formula is C29H22FNO4. The van der Waals surface area contributed by atoms with Crippen LogP contribution in [0.15, 0.2) is 109 Å². The summed E-state index contributed by atoms with van der Waals surface area (Å²) < 4.78 is 19.4. The summed E-state index contributed by atoms with van der Waals surface area (Å²) in [5, 5.41) is 9.13. The normalized spacial score (nSPS) is 10.8. The molecule has 4 aromatic carbocycles. The predicted octanol–water partition coefficient (Wildman–Crippen LogP) is 6.63. The Kier molecular flexibility index (Phi) is 7.33. The number of para-hydroxylation sites is 1. The minimum atomic E-state index is -1.01. The van der Waals surface area contributed by atoms with Gasteiger partial charge in [0.2, 0.25) is 0 Å². The number of carbonyl (C=O) groups excluding carboxylic acids is 1. The van der Waals surface area contributed by atoms with Crippen molar-refractivity contribution < 1.29 is 23.8 Å². The molecule has 6 heteroatoms. The van der Waals surface area contributed by atoms with Crippen LogP contribution in [0, 0.1) is 5.82 Å². The molecule has 0 aliphatic heterocycles. The van der Waals surface area contributed by atoms with Gasteiger partial charge in [0, 0.05) is 11.8 Å². The molecule has 0 aromatic heterocycles. The number of hydrogen-bond donors (Lipinski definition) is 1. The van der Waals surface area contributed by atoms with E-state index in [1.165, 1.54) is 24.3 Å². The minimum Gasteiger partial charge on any atom is -0.478 e. The Morgan fingerprint density at radius 1 is 0.800 bits per heavy atom. The van der Waals surface area contributed by atoms with E-state index in [0.717, 1.165) is 11.1 Å². The van der Waals surface area contributed by atoms with Crippen LogP contribution in [0.1, 0.15) is 31.8 Å². The van der Waals surface area contributed by atoms with E-state index in [4.69, 9.17) is 9.84 Å². The molecule has 174 valence electrons. The molecule has 0 aliphatic rings. The van der Waals surface area contributed by atoms with E-state index in [1.54, 1.807) is 59.6 Å². The third-order valence-corrected chi connectivity index (χ3v) is 5.23. The molecule has 0 saturated heterocycles. The lowest BCUT2D eigenvalue weighted by atomic mass is 10.1. The molecule has 0 unspecified atom stereocenters. The van der Waals surface area contributed by atoms with Crippen LogP contribution < -0.4 is 4.74 Å². The van der Waals surface area contributed by atoms with E-state index in [0.29, 0.717) is 11.3 Å². The van der Waals surface area contributed by atoms with Gasteiger partial charge in [-0.1, -0.05) is 54.6 Å². The quantitative estimate of drug-likeness (QED) is 0.316. The van der Waals surface area contributed by atoms with Crippen LogP contribution in [0.5, 0.6) is 11.5 Å². The number of carboxylic acids is 1. The second kappa shape index (κ2) is 10.9. The largest absolute Gasteiger partial charge is 0.478 e. The number of hydrogen-bond acceptors (Lipinski definition) is 3. The van der Waals surface area contributed by atoms with E-state index in [-0.39, 0.29) is 23.8 Å². The van der Waals surface area contributed by atoms with E-state index in [9.17, 15) is 14.0 Å². The monoisotopic (exact) mass is 467 g/mol. The number of nitrogens with zero attached hydrogens (tertiary/aromatic N) is 1. The Labute approximate surface area is 202 Å². The van der Waals surface area contributed by atoms with Crippen molar-refractivity contribution in [2.75, 3.05) is 0 Å². The molecule has 0 fully saturated rings. The number of aromatic carboxylic acids is 1. The highest BCUT2D eigenvalue weighted by Crippen LogP contribution is 2.25. The molecule has 0 radical (unpaired) electrons. The fourth-order valence-electron chi connectivity index (χ4n) is 3.37. The third-order valence-electron chi connectivity index (χ3n) is 5.23. The SMILES string of the molecule is O=C(O)c1ccc(CN(C=Cc2ccccc2)C(=O)c2ccc(Oc3ccccc3F)cc2)cc1. The molecule has 4 aromatic rings. The van der Waals surface area contributed by atoms with Crippen molar-refractivity contribution in [2.45, 2.75) is 6.54 Å². The summed E-state index contributed by atoms with van der Waals surface area (Å²) in [6.45, 7) is 0.246. The van der Waals surface area contributed by atoms with E-state index < -0.39 is 11.8 Å². The van der Waals surface area contributed by atoms with Crippen molar-refractivity contribution in [3.8, 4) is 11.5 Å². The van der Waals surface area contributed by atoms with Gasteiger partial charge >= 0.3 is 5.97 Å². The Morgan fingerprint density at radius 3 is 2.09 bits per heavy atom. The summed E-state index contributed by atoms with van der Waals surface area (Å²) in [5.74, 6) is -1.23. The van der Waals surface area contributed by atoms with Gasteiger partial charge in [-0.15, -0.1) is 0 Å². The molecule has 0 heterocycles. The van der Waals surface area contributed by atoms with Gasteiger partial charge in [-0.05, 0) is 65.7 Å². The van der Waals surface area contributed by atoms with Crippen LogP contribution in [-0.4, -0.2) is 21.9 Å². The molecule has 5 nitrogen and oxygen atoms in total. The number of benzene rings is 4. The highest BCUT2D eigenvalue weighted by atomic mass is 19.1. The Bertz CT molecular complexity index is 1330. The van der Waals surface area contributed by atoms with E-state index >= 15 is 0 Å². The van der Waals surface area contributed by atoms with Gasteiger partial charge in [0.25, 0.3) is 5.91 Å². The van der Waals surface area contributed by atoms with Crippen LogP contribution in [0.2, 0.25) is 0 Å². The van der Waals surface area contributed by atoms with Gasteiger partial charge < -0.3 is 14.7 Å². The van der Waals surface area contributed by atoms with Crippen molar-refractivity contribution in [3.63, 3.8) is 0 Å². The standard InChI is InChI=1S/C29H22FNO4/c30-26-8-4-5-9-27(26)35-25-16-14-23(15-17-25)28(32)31(19-18-21-6-2-1-3-7-21)20-22-10-12-24(13-11-22)29(33)34/h1-19H,20H2,(H,33,34). The Morgan fingerprint density at radius 2 is 1.43 bits per heavy atom.